The van der Waals surface area contributed by atoms with Crippen LogP contribution >= 0.6 is 0 Å². The van der Waals surface area contributed by atoms with Crippen molar-refractivity contribution in [1.29, 1.82) is 0 Å². The molecule has 3 aliphatic rings. The molecule has 0 saturated carbocycles. The zero-order chi connectivity index (χ0) is 12.0. The van der Waals surface area contributed by atoms with E-state index in [1.54, 1.807) is 0 Å². The molecule has 0 aromatic carbocycles. The van der Waals surface area contributed by atoms with Crippen LogP contribution in [-0.4, -0.2) is 23.8 Å². The molecular weight excluding hydrogens is 216 g/mol. The van der Waals surface area contributed by atoms with Gasteiger partial charge in [0.05, 0.1) is 18.1 Å². The summed E-state index contributed by atoms with van der Waals surface area (Å²) < 4.78 is 11.7. The lowest BCUT2D eigenvalue weighted by Gasteiger charge is -2.34. The summed E-state index contributed by atoms with van der Waals surface area (Å²) in [6, 6.07) is 0. The van der Waals surface area contributed by atoms with Crippen molar-refractivity contribution in [1.82, 2.24) is 0 Å². The van der Waals surface area contributed by atoms with Crippen LogP contribution in [0.1, 0.15) is 39.5 Å². The molecule has 0 spiro atoms. The molecule has 0 aromatic heterocycles. The number of fused-ring (bicyclic) bond motifs is 5. The van der Waals surface area contributed by atoms with Gasteiger partial charge < -0.3 is 9.47 Å². The van der Waals surface area contributed by atoms with Gasteiger partial charge in [-0.1, -0.05) is 38.8 Å². The number of ether oxygens (including phenoxy) is 2. The molecule has 2 saturated heterocycles. The first-order chi connectivity index (χ1) is 8.22. The van der Waals surface area contributed by atoms with Crippen LogP contribution in [-0.2, 0) is 14.3 Å². The molecule has 3 nitrogen and oxygen atoms in total. The normalized spacial score (nSPS) is 40.7. The number of cyclic esters (lactones) is 1. The van der Waals surface area contributed by atoms with Crippen LogP contribution in [0.5, 0.6) is 0 Å². The molecule has 0 N–H and O–H groups in total. The van der Waals surface area contributed by atoms with Crippen LogP contribution < -0.4 is 0 Å². The number of hydrogen-bond donors (Lipinski definition) is 0. The van der Waals surface area contributed by atoms with E-state index < -0.39 is 0 Å². The standard InChI is InChI=1S/C14H20O3/c1-3-7-14(8-4-2)12-10-6-5-9(16-10)11(12)13(15)17-14/h5-6,9-12H,3-4,7-8H2,1-2H3/t9-,10+,11-,12+/m1/s1. The summed E-state index contributed by atoms with van der Waals surface area (Å²) >= 11 is 0. The second kappa shape index (κ2) is 3.84. The lowest BCUT2D eigenvalue weighted by atomic mass is 9.71. The first-order valence-corrected chi connectivity index (χ1v) is 6.78. The van der Waals surface area contributed by atoms with Gasteiger partial charge in [-0.15, -0.1) is 0 Å². The van der Waals surface area contributed by atoms with E-state index >= 15 is 0 Å². The Morgan fingerprint density at radius 3 is 2.47 bits per heavy atom. The van der Waals surface area contributed by atoms with Gasteiger partial charge in [-0.05, 0) is 12.8 Å². The van der Waals surface area contributed by atoms with E-state index in [1.165, 1.54) is 0 Å². The minimum absolute atomic E-state index is 0.0203. The predicted octanol–water partition coefficient (Wildman–Crippen LogP) is 2.45. The number of esters is 1. The largest absolute Gasteiger partial charge is 0.458 e. The molecule has 2 fully saturated rings. The van der Waals surface area contributed by atoms with Crippen molar-refractivity contribution in [2.75, 3.05) is 0 Å². The molecule has 17 heavy (non-hydrogen) atoms. The smallest absolute Gasteiger partial charge is 0.313 e. The first kappa shape index (κ1) is 11.3. The molecule has 0 unspecified atom stereocenters. The van der Waals surface area contributed by atoms with Crippen LogP contribution in [0.15, 0.2) is 12.2 Å². The maximum absolute atomic E-state index is 12.1. The average Bonchev–Trinajstić information content (AvgIpc) is 2.93. The molecule has 0 radical (unpaired) electrons. The van der Waals surface area contributed by atoms with Gasteiger partial charge in [0, 0.05) is 5.92 Å². The van der Waals surface area contributed by atoms with Crippen LogP contribution in [0.3, 0.4) is 0 Å². The van der Waals surface area contributed by atoms with Crippen LogP contribution in [0.4, 0.5) is 0 Å². The lowest BCUT2D eigenvalue weighted by Crippen LogP contribution is -2.41. The zero-order valence-corrected chi connectivity index (χ0v) is 10.5. The predicted molar refractivity (Wildman–Crippen MR) is 63.4 cm³/mol. The van der Waals surface area contributed by atoms with Crippen molar-refractivity contribution < 1.29 is 14.3 Å². The highest BCUT2D eigenvalue weighted by molar-refractivity contribution is 5.78. The molecule has 0 amide bonds. The Kier molecular flexibility index (Phi) is 2.54. The van der Waals surface area contributed by atoms with Gasteiger partial charge in [0.25, 0.3) is 0 Å². The Morgan fingerprint density at radius 1 is 1.18 bits per heavy atom. The Bertz CT molecular complexity index is 354. The van der Waals surface area contributed by atoms with E-state index in [2.05, 4.69) is 19.9 Å². The Labute approximate surface area is 102 Å². The van der Waals surface area contributed by atoms with Gasteiger partial charge in [0.2, 0.25) is 0 Å². The molecule has 0 aliphatic carbocycles. The summed E-state index contributed by atoms with van der Waals surface area (Å²) in [6.07, 6.45) is 8.27. The van der Waals surface area contributed by atoms with E-state index in [9.17, 15) is 4.79 Å². The number of carbonyl (C=O) groups is 1. The Balaban J connectivity index is 1.95. The van der Waals surface area contributed by atoms with Crippen molar-refractivity contribution in [2.45, 2.75) is 57.3 Å². The topological polar surface area (TPSA) is 35.5 Å². The van der Waals surface area contributed by atoms with Crippen molar-refractivity contribution in [3.63, 3.8) is 0 Å². The molecular formula is C14H20O3. The highest BCUT2D eigenvalue weighted by atomic mass is 16.6. The van der Waals surface area contributed by atoms with Crippen LogP contribution in [0.25, 0.3) is 0 Å². The van der Waals surface area contributed by atoms with Gasteiger partial charge in [-0.2, -0.15) is 0 Å². The van der Waals surface area contributed by atoms with Gasteiger partial charge in [0.15, 0.2) is 0 Å². The maximum atomic E-state index is 12.1. The zero-order valence-electron chi connectivity index (χ0n) is 10.5. The molecule has 3 rings (SSSR count). The first-order valence-electron chi connectivity index (χ1n) is 6.78. The summed E-state index contributed by atoms with van der Waals surface area (Å²) in [5.74, 6) is 0.182. The molecule has 94 valence electrons. The molecule has 0 aromatic rings. The number of hydrogen-bond acceptors (Lipinski definition) is 3. The van der Waals surface area contributed by atoms with E-state index in [4.69, 9.17) is 9.47 Å². The fourth-order valence-electron chi connectivity index (χ4n) is 3.96. The summed E-state index contributed by atoms with van der Waals surface area (Å²) in [7, 11) is 0. The minimum atomic E-state index is -0.255. The van der Waals surface area contributed by atoms with Gasteiger partial charge in [-0.25, -0.2) is 0 Å². The molecule has 3 aliphatic heterocycles. The van der Waals surface area contributed by atoms with Gasteiger partial charge >= 0.3 is 5.97 Å². The number of carbonyl (C=O) groups excluding carboxylic acids is 1. The summed E-state index contributed by atoms with van der Waals surface area (Å²) in [5, 5.41) is 0. The summed E-state index contributed by atoms with van der Waals surface area (Å²) in [4.78, 5) is 12.1. The van der Waals surface area contributed by atoms with Crippen LogP contribution in [0, 0.1) is 11.8 Å². The Hall–Kier alpha value is -0.830. The van der Waals surface area contributed by atoms with Crippen LogP contribution in [0.2, 0.25) is 0 Å². The fraction of sp³-hybridized carbons (Fsp3) is 0.786. The quantitative estimate of drug-likeness (QED) is 0.555. The summed E-state index contributed by atoms with van der Waals surface area (Å²) in [5.41, 5.74) is -0.255. The second-order valence-electron chi connectivity index (χ2n) is 5.49. The molecule has 2 bridgehead atoms. The molecule has 4 atom stereocenters. The summed E-state index contributed by atoms with van der Waals surface area (Å²) in [6.45, 7) is 4.31. The third-order valence-electron chi connectivity index (χ3n) is 4.43. The van der Waals surface area contributed by atoms with Gasteiger partial charge in [-0.3, -0.25) is 4.79 Å². The van der Waals surface area contributed by atoms with Gasteiger partial charge in [0.1, 0.15) is 5.60 Å². The third-order valence-corrected chi connectivity index (χ3v) is 4.43. The third kappa shape index (κ3) is 1.41. The Morgan fingerprint density at radius 2 is 1.82 bits per heavy atom. The van der Waals surface area contributed by atoms with E-state index in [0.29, 0.717) is 0 Å². The van der Waals surface area contributed by atoms with E-state index in [0.717, 1.165) is 25.7 Å². The van der Waals surface area contributed by atoms with E-state index in [-0.39, 0.29) is 35.6 Å². The molecule has 3 heterocycles. The van der Waals surface area contributed by atoms with E-state index in [1.807, 2.05) is 6.08 Å². The SMILES string of the molecule is CCCC1(CCC)OC(=O)[C@H]2[C@@H]1[C@@H]1C=C[C@H]2O1. The van der Waals surface area contributed by atoms with Crippen molar-refractivity contribution in [2.24, 2.45) is 11.8 Å². The highest BCUT2D eigenvalue weighted by Gasteiger charge is 2.64. The van der Waals surface area contributed by atoms with Crippen molar-refractivity contribution in [3.05, 3.63) is 12.2 Å². The average molecular weight is 236 g/mol. The number of rotatable bonds is 4. The minimum Gasteiger partial charge on any atom is -0.458 e. The monoisotopic (exact) mass is 236 g/mol. The van der Waals surface area contributed by atoms with Crippen molar-refractivity contribution in [3.8, 4) is 0 Å². The molecule has 3 heteroatoms. The fourth-order valence-corrected chi connectivity index (χ4v) is 3.96. The lowest BCUT2D eigenvalue weighted by molar-refractivity contribution is -0.157. The highest BCUT2D eigenvalue weighted by Crippen LogP contribution is 2.54. The second-order valence-corrected chi connectivity index (χ2v) is 5.49. The maximum Gasteiger partial charge on any atom is 0.313 e. The van der Waals surface area contributed by atoms with Crippen molar-refractivity contribution >= 4 is 5.97 Å².